The molecule has 1 heterocycles. The van der Waals surface area contributed by atoms with Gasteiger partial charge in [-0.15, -0.1) is 0 Å². The molecule has 94 valence electrons. The Bertz CT molecular complexity index is 186. The van der Waals surface area contributed by atoms with E-state index in [1.165, 1.54) is 38.5 Å². The van der Waals surface area contributed by atoms with Gasteiger partial charge in [-0.25, -0.2) is 0 Å². The number of hydrogen-bond acceptors (Lipinski definition) is 3. The number of hydrogen-bond donors (Lipinski definition) is 1. The summed E-state index contributed by atoms with van der Waals surface area (Å²) in [6.45, 7) is 5.05. The Morgan fingerprint density at radius 1 is 1.38 bits per heavy atom. The highest BCUT2D eigenvalue weighted by Gasteiger charge is 2.28. The summed E-state index contributed by atoms with van der Waals surface area (Å²) < 4.78 is 11.1. The van der Waals surface area contributed by atoms with Crippen molar-refractivity contribution < 1.29 is 9.47 Å². The molecule has 0 bridgehead atoms. The first kappa shape index (κ1) is 12.3. The highest BCUT2D eigenvalue weighted by Crippen LogP contribution is 2.23. The molecule has 1 saturated heterocycles. The Balaban J connectivity index is 1.41. The molecule has 16 heavy (non-hydrogen) atoms. The third-order valence-electron chi connectivity index (χ3n) is 3.66. The summed E-state index contributed by atoms with van der Waals surface area (Å²) in [7, 11) is 0. The predicted molar refractivity (Wildman–Crippen MR) is 64.6 cm³/mol. The van der Waals surface area contributed by atoms with E-state index >= 15 is 0 Å². The van der Waals surface area contributed by atoms with Crippen molar-refractivity contribution in [3.8, 4) is 0 Å². The summed E-state index contributed by atoms with van der Waals surface area (Å²) in [5.74, 6) is 0. The van der Waals surface area contributed by atoms with Crippen LogP contribution in [0.25, 0.3) is 0 Å². The fraction of sp³-hybridized carbons (Fsp3) is 1.00. The molecule has 0 aromatic rings. The van der Waals surface area contributed by atoms with Crippen LogP contribution in [0.2, 0.25) is 0 Å². The van der Waals surface area contributed by atoms with Crippen LogP contribution in [-0.4, -0.2) is 38.0 Å². The summed E-state index contributed by atoms with van der Waals surface area (Å²) in [6.07, 6.45) is 8.50. The Morgan fingerprint density at radius 2 is 2.25 bits per heavy atom. The van der Waals surface area contributed by atoms with E-state index in [-0.39, 0.29) is 0 Å². The van der Waals surface area contributed by atoms with Crippen LogP contribution in [-0.2, 0) is 9.47 Å². The van der Waals surface area contributed by atoms with Gasteiger partial charge in [0, 0.05) is 19.3 Å². The van der Waals surface area contributed by atoms with E-state index in [1.54, 1.807) is 0 Å². The first-order valence-corrected chi connectivity index (χ1v) is 6.85. The van der Waals surface area contributed by atoms with Gasteiger partial charge in [0.2, 0.25) is 0 Å². The molecule has 0 aromatic heterocycles. The highest BCUT2D eigenvalue weighted by atomic mass is 16.5. The molecule has 0 amide bonds. The average molecular weight is 227 g/mol. The molecule has 1 N–H and O–H groups in total. The van der Waals surface area contributed by atoms with Crippen LogP contribution >= 0.6 is 0 Å². The summed E-state index contributed by atoms with van der Waals surface area (Å²) >= 11 is 0. The molecule has 0 spiro atoms. The maximum absolute atomic E-state index is 5.60. The largest absolute Gasteiger partial charge is 0.378 e. The average Bonchev–Trinajstić information content (AvgIpc) is 2.72. The normalized spacial score (nSPS) is 33.9. The van der Waals surface area contributed by atoms with Gasteiger partial charge in [-0.3, -0.25) is 0 Å². The molecular weight excluding hydrogens is 202 g/mol. The van der Waals surface area contributed by atoms with E-state index in [0.29, 0.717) is 18.2 Å². The molecule has 0 aromatic carbocycles. The predicted octanol–water partition coefficient (Wildman–Crippen LogP) is 2.10. The lowest BCUT2D eigenvalue weighted by Gasteiger charge is -2.35. The zero-order valence-electron chi connectivity index (χ0n) is 10.4. The van der Waals surface area contributed by atoms with Crippen LogP contribution in [0.3, 0.4) is 0 Å². The van der Waals surface area contributed by atoms with E-state index in [0.717, 1.165) is 19.8 Å². The van der Waals surface area contributed by atoms with Crippen LogP contribution in [0, 0.1) is 0 Å². The second kappa shape index (κ2) is 6.58. The smallest absolute Gasteiger partial charge is 0.0604 e. The standard InChI is InChI=1S/C13H25NO2/c1-2-15-13-9-11(10-13)14-7-3-5-12-6-4-8-16-12/h11-14H,2-10H2,1H3. The molecule has 3 nitrogen and oxygen atoms in total. The molecular formula is C13H25NO2. The molecule has 2 fully saturated rings. The Morgan fingerprint density at radius 3 is 2.94 bits per heavy atom. The van der Waals surface area contributed by atoms with Gasteiger partial charge in [-0.2, -0.15) is 0 Å². The number of nitrogens with one attached hydrogen (secondary N) is 1. The fourth-order valence-electron chi connectivity index (χ4n) is 2.61. The maximum Gasteiger partial charge on any atom is 0.0604 e. The lowest BCUT2D eigenvalue weighted by molar-refractivity contribution is -0.00998. The van der Waals surface area contributed by atoms with Crippen molar-refractivity contribution in [3.05, 3.63) is 0 Å². The van der Waals surface area contributed by atoms with Gasteiger partial charge in [-0.05, 0) is 52.0 Å². The van der Waals surface area contributed by atoms with Crippen LogP contribution in [0.5, 0.6) is 0 Å². The molecule has 1 atom stereocenters. The van der Waals surface area contributed by atoms with Crippen molar-refractivity contribution in [2.24, 2.45) is 0 Å². The van der Waals surface area contributed by atoms with Crippen LogP contribution in [0.1, 0.15) is 45.4 Å². The second-order valence-electron chi connectivity index (χ2n) is 4.98. The second-order valence-corrected chi connectivity index (χ2v) is 4.98. The van der Waals surface area contributed by atoms with Gasteiger partial charge in [0.05, 0.1) is 12.2 Å². The quantitative estimate of drug-likeness (QED) is 0.676. The Kier molecular flexibility index (Phi) is 5.07. The maximum atomic E-state index is 5.60. The first-order chi connectivity index (χ1) is 7.88. The van der Waals surface area contributed by atoms with Crippen molar-refractivity contribution in [2.75, 3.05) is 19.8 Å². The molecule has 2 rings (SSSR count). The lowest BCUT2D eigenvalue weighted by Crippen LogP contribution is -2.45. The highest BCUT2D eigenvalue weighted by molar-refractivity contribution is 4.85. The molecule has 3 heteroatoms. The van der Waals surface area contributed by atoms with E-state index in [1.807, 2.05) is 0 Å². The summed E-state index contributed by atoms with van der Waals surface area (Å²) in [6, 6.07) is 0.709. The molecule has 1 aliphatic carbocycles. The van der Waals surface area contributed by atoms with Crippen molar-refractivity contribution in [3.63, 3.8) is 0 Å². The third-order valence-corrected chi connectivity index (χ3v) is 3.66. The fourth-order valence-corrected chi connectivity index (χ4v) is 2.61. The van der Waals surface area contributed by atoms with E-state index in [2.05, 4.69) is 12.2 Å². The van der Waals surface area contributed by atoms with Crippen molar-refractivity contribution in [1.29, 1.82) is 0 Å². The first-order valence-electron chi connectivity index (χ1n) is 6.85. The van der Waals surface area contributed by atoms with Crippen LogP contribution in [0.15, 0.2) is 0 Å². The van der Waals surface area contributed by atoms with Gasteiger partial charge < -0.3 is 14.8 Å². The summed E-state index contributed by atoms with van der Waals surface area (Å²) in [5, 5.41) is 3.60. The topological polar surface area (TPSA) is 30.5 Å². The van der Waals surface area contributed by atoms with E-state index in [4.69, 9.17) is 9.47 Å². The van der Waals surface area contributed by atoms with E-state index < -0.39 is 0 Å². The molecule has 1 unspecified atom stereocenters. The van der Waals surface area contributed by atoms with Gasteiger partial charge >= 0.3 is 0 Å². The minimum atomic E-state index is 0.528. The zero-order valence-corrected chi connectivity index (χ0v) is 10.4. The van der Waals surface area contributed by atoms with Crippen LogP contribution in [0.4, 0.5) is 0 Å². The number of rotatable bonds is 7. The number of ether oxygens (including phenoxy) is 2. The Labute approximate surface area is 98.9 Å². The van der Waals surface area contributed by atoms with Gasteiger partial charge in [-0.1, -0.05) is 0 Å². The van der Waals surface area contributed by atoms with Gasteiger partial charge in [0.15, 0.2) is 0 Å². The molecule has 1 saturated carbocycles. The van der Waals surface area contributed by atoms with Crippen molar-refractivity contribution in [1.82, 2.24) is 5.32 Å². The monoisotopic (exact) mass is 227 g/mol. The summed E-state index contributed by atoms with van der Waals surface area (Å²) in [4.78, 5) is 0. The van der Waals surface area contributed by atoms with Crippen LogP contribution < -0.4 is 5.32 Å². The van der Waals surface area contributed by atoms with Gasteiger partial charge in [0.1, 0.15) is 0 Å². The zero-order chi connectivity index (χ0) is 11.2. The van der Waals surface area contributed by atoms with Crippen molar-refractivity contribution >= 4 is 0 Å². The third kappa shape index (κ3) is 3.72. The molecule has 2 aliphatic rings. The molecule has 1 aliphatic heterocycles. The van der Waals surface area contributed by atoms with E-state index in [9.17, 15) is 0 Å². The molecule has 0 radical (unpaired) electrons. The van der Waals surface area contributed by atoms with Crippen molar-refractivity contribution in [2.45, 2.75) is 63.7 Å². The SMILES string of the molecule is CCOC1CC(NCCCC2CCCO2)C1. The minimum Gasteiger partial charge on any atom is -0.378 e. The summed E-state index contributed by atoms with van der Waals surface area (Å²) in [5.41, 5.74) is 0. The minimum absolute atomic E-state index is 0.528. The van der Waals surface area contributed by atoms with Gasteiger partial charge in [0.25, 0.3) is 0 Å². The Hall–Kier alpha value is -0.120. The lowest BCUT2D eigenvalue weighted by atomic mass is 9.89.